The lowest BCUT2D eigenvalue weighted by Gasteiger charge is -2.18. The molecule has 1 heterocycles. The summed E-state index contributed by atoms with van der Waals surface area (Å²) in [6.07, 6.45) is -5.22. The lowest BCUT2D eigenvalue weighted by Crippen LogP contribution is -2.46. The summed E-state index contributed by atoms with van der Waals surface area (Å²) in [5.74, 6) is 0.938. The second kappa shape index (κ2) is 5.07. The van der Waals surface area contributed by atoms with Crippen LogP contribution in [0.4, 0.5) is 13.2 Å². The summed E-state index contributed by atoms with van der Waals surface area (Å²) in [7, 11) is 0. The van der Waals surface area contributed by atoms with Crippen molar-refractivity contribution in [3.63, 3.8) is 0 Å². The zero-order valence-corrected chi connectivity index (χ0v) is 9.04. The van der Waals surface area contributed by atoms with Crippen LogP contribution in [0.15, 0.2) is 0 Å². The van der Waals surface area contributed by atoms with Crippen molar-refractivity contribution in [1.29, 1.82) is 0 Å². The van der Waals surface area contributed by atoms with Crippen LogP contribution in [0.2, 0.25) is 0 Å². The smallest absolute Gasteiger partial charge is 0.352 e. The Labute approximate surface area is 90.2 Å². The molecule has 0 saturated carbocycles. The van der Waals surface area contributed by atoms with E-state index in [2.05, 4.69) is 10.6 Å². The van der Waals surface area contributed by atoms with E-state index in [1.54, 1.807) is 11.8 Å². The van der Waals surface area contributed by atoms with Crippen LogP contribution in [0.3, 0.4) is 0 Å². The van der Waals surface area contributed by atoms with Crippen molar-refractivity contribution in [2.45, 2.75) is 31.6 Å². The van der Waals surface area contributed by atoms with Crippen molar-refractivity contribution in [2.24, 2.45) is 0 Å². The van der Waals surface area contributed by atoms with Gasteiger partial charge >= 0.3 is 6.18 Å². The molecule has 1 rings (SSSR count). The number of thioether (sulfide) groups is 1. The SMILES string of the molecule is CC(CC(F)(F)F)NC(=O)C1CSCN1. The quantitative estimate of drug-likeness (QED) is 0.779. The van der Waals surface area contributed by atoms with Crippen molar-refractivity contribution in [3.05, 3.63) is 0 Å². The van der Waals surface area contributed by atoms with Crippen molar-refractivity contribution in [2.75, 3.05) is 11.6 Å². The highest BCUT2D eigenvalue weighted by Crippen LogP contribution is 2.21. The van der Waals surface area contributed by atoms with E-state index in [4.69, 9.17) is 0 Å². The summed E-state index contributed by atoms with van der Waals surface area (Å²) in [5, 5.41) is 5.24. The second-order valence-corrected chi connectivity index (χ2v) is 4.53. The third-order valence-electron chi connectivity index (χ3n) is 1.96. The maximum Gasteiger partial charge on any atom is 0.391 e. The summed E-state index contributed by atoms with van der Waals surface area (Å²) in [6, 6.07) is -1.23. The Hall–Kier alpha value is -0.430. The maximum absolute atomic E-state index is 12.0. The molecule has 88 valence electrons. The first-order chi connectivity index (χ1) is 6.88. The highest BCUT2D eigenvalue weighted by molar-refractivity contribution is 7.99. The van der Waals surface area contributed by atoms with Crippen molar-refractivity contribution < 1.29 is 18.0 Å². The molecule has 1 amide bonds. The fourth-order valence-corrected chi connectivity index (χ4v) is 2.25. The third kappa shape index (κ3) is 4.74. The van der Waals surface area contributed by atoms with Gasteiger partial charge in [-0.2, -0.15) is 13.2 Å². The van der Waals surface area contributed by atoms with Gasteiger partial charge in [0.25, 0.3) is 0 Å². The molecule has 0 aliphatic carbocycles. The number of carbonyl (C=O) groups is 1. The highest BCUT2D eigenvalue weighted by atomic mass is 32.2. The Morgan fingerprint density at radius 1 is 1.67 bits per heavy atom. The van der Waals surface area contributed by atoms with Crippen LogP contribution >= 0.6 is 11.8 Å². The van der Waals surface area contributed by atoms with E-state index in [9.17, 15) is 18.0 Å². The van der Waals surface area contributed by atoms with Crippen molar-refractivity contribution in [3.8, 4) is 0 Å². The first-order valence-electron chi connectivity index (χ1n) is 4.57. The van der Waals surface area contributed by atoms with E-state index in [0.717, 1.165) is 0 Å². The van der Waals surface area contributed by atoms with Gasteiger partial charge in [0.15, 0.2) is 0 Å². The number of nitrogens with one attached hydrogen (secondary N) is 2. The highest BCUT2D eigenvalue weighted by Gasteiger charge is 2.32. The van der Waals surface area contributed by atoms with Gasteiger partial charge in [-0.3, -0.25) is 10.1 Å². The second-order valence-electron chi connectivity index (χ2n) is 3.50. The van der Waals surface area contributed by atoms with Crippen LogP contribution in [0, 0.1) is 0 Å². The standard InChI is InChI=1S/C8H13F3N2OS/c1-5(2-8(9,10)11)13-7(14)6-3-15-4-12-6/h5-6,12H,2-4H2,1H3,(H,13,14). The van der Waals surface area contributed by atoms with Gasteiger partial charge < -0.3 is 5.32 Å². The predicted molar refractivity (Wildman–Crippen MR) is 52.5 cm³/mol. The van der Waals surface area contributed by atoms with Gasteiger partial charge in [0.05, 0.1) is 12.5 Å². The molecule has 0 bridgehead atoms. The molecule has 1 aliphatic heterocycles. The van der Waals surface area contributed by atoms with Gasteiger partial charge in [-0.15, -0.1) is 11.8 Å². The van der Waals surface area contributed by atoms with Crippen LogP contribution in [0.1, 0.15) is 13.3 Å². The lowest BCUT2D eigenvalue weighted by molar-refractivity contribution is -0.141. The summed E-state index contributed by atoms with van der Waals surface area (Å²) >= 11 is 1.56. The topological polar surface area (TPSA) is 41.1 Å². The summed E-state index contributed by atoms with van der Waals surface area (Å²) in [6.45, 7) is 1.35. The van der Waals surface area contributed by atoms with Gasteiger partial charge in [0.1, 0.15) is 0 Å². The molecule has 1 aliphatic rings. The molecule has 7 heteroatoms. The molecule has 2 atom stereocenters. The van der Waals surface area contributed by atoms with Crippen LogP contribution in [-0.4, -0.2) is 35.8 Å². The number of amides is 1. The fraction of sp³-hybridized carbons (Fsp3) is 0.875. The predicted octanol–water partition coefficient (Wildman–Crippen LogP) is 1.11. The average molecular weight is 242 g/mol. The fourth-order valence-electron chi connectivity index (χ4n) is 1.31. The first-order valence-corrected chi connectivity index (χ1v) is 5.72. The average Bonchev–Trinajstić information content (AvgIpc) is 2.50. The Morgan fingerprint density at radius 3 is 2.80 bits per heavy atom. The van der Waals surface area contributed by atoms with Gasteiger partial charge in [0.2, 0.25) is 5.91 Å². The van der Waals surface area contributed by atoms with Gasteiger partial charge in [-0.1, -0.05) is 0 Å². The summed E-state index contributed by atoms with van der Waals surface area (Å²) < 4.78 is 35.9. The molecular weight excluding hydrogens is 229 g/mol. The number of alkyl halides is 3. The normalized spacial score (nSPS) is 23.9. The Kier molecular flexibility index (Phi) is 4.27. The molecule has 2 N–H and O–H groups in total. The van der Waals surface area contributed by atoms with E-state index in [0.29, 0.717) is 11.6 Å². The minimum atomic E-state index is -4.23. The largest absolute Gasteiger partial charge is 0.391 e. The Morgan fingerprint density at radius 2 is 2.33 bits per heavy atom. The van der Waals surface area contributed by atoms with E-state index in [1.807, 2.05) is 0 Å². The first kappa shape index (κ1) is 12.6. The number of halogens is 3. The minimum Gasteiger partial charge on any atom is -0.352 e. The molecule has 0 radical (unpaired) electrons. The maximum atomic E-state index is 12.0. The van der Waals surface area contributed by atoms with Crippen molar-refractivity contribution in [1.82, 2.24) is 10.6 Å². The van der Waals surface area contributed by atoms with Gasteiger partial charge in [-0.25, -0.2) is 0 Å². The molecule has 0 aromatic heterocycles. The van der Waals surface area contributed by atoms with E-state index >= 15 is 0 Å². The van der Waals surface area contributed by atoms with Crippen molar-refractivity contribution >= 4 is 17.7 Å². The van der Waals surface area contributed by atoms with Crippen LogP contribution in [0.25, 0.3) is 0 Å². The molecular formula is C8H13F3N2OS. The number of rotatable bonds is 3. The third-order valence-corrected chi connectivity index (χ3v) is 2.90. The van der Waals surface area contributed by atoms with Crippen LogP contribution < -0.4 is 10.6 Å². The molecule has 1 fully saturated rings. The van der Waals surface area contributed by atoms with Gasteiger partial charge in [0, 0.05) is 17.7 Å². The van der Waals surface area contributed by atoms with Gasteiger partial charge in [-0.05, 0) is 6.92 Å². The summed E-state index contributed by atoms with van der Waals surface area (Å²) in [5.41, 5.74) is 0. The molecule has 3 nitrogen and oxygen atoms in total. The molecule has 0 spiro atoms. The molecule has 0 aromatic rings. The minimum absolute atomic E-state index is 0.350. The molecule has 2 unspecified atom stereocenters. The molecule has 1 saturated heterocycles. The zero-order valence-electron chi connectivity index (χ0n) is 8.23. The zero-order chi connectivity index (χ0) is 11.5. The van der Waals surface area contributed by atoms with Crippen LogP contribution in [0.5, 0.6) is 0 Å². The monoisotopic (exact) mass is 242 g/mol. The number of hydrogen-bond acceptors (Lipinski definition) is 3. The Balaban J connectivity index is 2.30. The molecule has 0 aromatic carbocycles. The van der Waals surface area contributed by atoms with E-state index < -0.39 is 18.6 Å². The van der Waals surface area contributed by atoms with E-state index in [-0.39, 0.29) is 11.9 Å². The summed E-state index contributed by atoms with van der Waals surface area (Å²) in [4.78, 5) is 11.4. The number of hydrogen-bond donors (Lipinski definition) is 2. The van der Waals surface area contributed by atoms with Crippen LogP contribution in [-0.2, 0) is 4.79 Å². The Bertz CT molecular complexity index is 228. The van der Waals surface area contributed by atoms with E-state index in [1.165, 1.54) is 6.92 Å². The lowest BCUT2D eigenvalue weighted by atomic mass is 10.2. The number of carbonyl (C=O) groups excluding carboxylic acids is 1. The molecule has 15 heavy (non-hydrogen) atoms.